The molecular weight excluding hydrogens is 403 g/mol. The quantitative estimate of drug-likeness (QED) is 0.591. The van der Waals surface area contributed by atoms with E-state index >= 15 is 0 Å². The molecule has 1 saturated heterocycles. The van der Waals surface area contributed by atoms with Gasteiger partial charge in [-0.2, -0.15) is 0 Å². The van der Waals surface area contributed by atoms with E-state index in [4.69, 9.17) is 0 Å². The molecule has 9 nitrogen and oxygen atoms in total. The van der Waals surface area contributed by atoms with Gasteiger partial charge in [0.15, 0.2) is 5.69 Å². The zero-order valence-electron chi connectivity index (χ0n) is 16.0. The van der Waals surface area contributed by atoms with E-state index in [0.29, 0.717) is 18.4 Å². The number of nitrogens with one attached hydrogen (secondary N) is 1. The molecule has 0 spiro atoms. The molecule has 0 bridgehead atoms. The zero-order valence-corrected chi connectivity index (χ0v) is 16.8. The Labute approximate surface area is 168 Å². The summed E-state index contributed by atoms with van der Waals surface area (Å²) in [6, 6.07) is 4.97. The summed E-state index contributed by atoms with van der Waals surface area (Å²) >= 11 is 0. The summed E-state index contributed by atoms with van der Waals surface area (Å²) in [5.74, 6) is -2.04. The topological polar surface area (TPSA) is 128 Å². The number of benzene rings is 1. The van der Waals surface area contributed by atoms with Gasteiger partial charge in [-0.05, 0) is 37.5 Å². The van der Waals surface area contributed by atoms with E-state index in [9.17, 15) is 28.2 Å². The molecule has 1 aliphatic heterocycles. The van der Waals surface area contributed by atoms with Crippen LogP contribution in [0.1, 0.15) is 41.9 Å². The first-order valence-corrected chi connectivity index (χ1v) is 10.7. The summed E-state index contributed by atoms with van der Waals surface area (Å²) in [6.45, 7) is 1.91. The molecule has 0 saturated carbocycles. The Bertz CT molecular complexity index is 979. The van der Waals surface area contributed by atoms with E-state index in [1.165, 1.54) is 35.6 Å². The van der Waals surface area contributed by atoms with Gasteiger partial charge < -0.3 is 10.4 Å². The van der Waals surface area contributed by atoms with Crippen LogP contribution in [0.4, 0.5) is 10.3 Å². The normalized spacial score (nSPS) is 18.2. The summed E-state index contributed by atoms with van der Waals surface area (Å²) in [5.41, 5.74) is -0.776. The van der Waals surface area contributed by atoms with E-state index in [1.807, 2.05) is 0 Å². The van der Waals surface area contributed by atoms with Crippen molar-refractivity contribution in [2.75, 3.05) is 16.6 Å². The van der Waals surface area contributed by atoms with Crippen molar-refractivity contribution in [1.82, 2.24) is 14.9 Å². The maximum Gasteiger partial charge on any atom is 0.297 e. The highest BCUT2D eigenvalue weighted by Crippen LogP contribution is 2.48. The molecule has 1 unspecified atom stereocenters. The first kappa shape index (κ1) is 21.1. The minimum atomic E-state index is -3.18. The molecule has 1 amide bonds. The van der Waals surface area contributed by atoms with Gasteiger partial charge in [0.2, 0.25) is 11.7 Å². The molecule has 4 N–H and O–H groups in total. The van der Waals surface area contributed by atoms with Gasteiger partial charge in [-0.25, -0.2) is 13.7 Å². The molecule has 0 aliphatic carbocycles. The maximum absolute atomic E-state index is 13.1. The highest BCUT2D eigenvalue weighted by atomic mass is 32.3. The maximum atomic E-state index is 13.1. The predicted molar refractivity (Wildman–Crippen MR) is 108 cm³/mol. The number of amides is 1. The fourth-order valence-corrected chi connectivity index (χ4v) is 4.76. The van der Waals surface area contributed by atoms with Crippen molar-refractivity contribution in [3.8, 4) is 5.75 Å². The Morgan fingerprint density at radius 2 is 1.93 bits per heavy atom. The largest absolute Gasteiger partial charge is 0.501 e. The molecule has 1 aromatic heterocycles. The average Bonchev–Trinajstić information content (AvgIpc) is 2.67. The lowest BCUT2D eigenvalue weighted by atomic mass is 10.1. The third-order valence-corrected chi connectivity index (χ3v) is 6.67. The molecular formula is C18H23FN4O5S. The van der Waals surface area contributed by atoms with Gasteiger partial charge in [0.05, 0.1) is 11.8 Å². The zero-order chi connectivity index (χ0) is 21.3. The Kier molecular flexibility index (Phi) is 5.82. The molecule has 1 aromatic carbocycles. The molecule has 2 heterocycles. The van der Waals surface area contributed by atoms with Crippen molar-refractivity contribution in [3.63, 3.8) is 0 Å². The first-order chi connectivity index (χ1) is 13.6. The van der Waals surface area contributed by atoms with Crippen LogP contribution in [0.5, 0.6) is 5.75 Å². The number of hydrogen-bond donors (Lipinski definition) is 4. The molecule has 158 valence electrons. The van der Waals surface area contributed by atoms with Gasteiger partial charge in [-0.1, -0.05) is 12.1 Å². The summed E-state index contributed by atoms with van der Waals surface area (Å²) in [6.07, 6.45) is 1.28. The summed E-state index contributed by atoms with van der Waals surface area (Å²) < 4.78 is 35.9. The number of nitrogens with zero attached hydrogens (tertiary/aromatic N) is 3. The summed E-state index contributed by atoms with van der Waals surface area (Å²) in [4.78, 5) is 29.2. The highest BCUT2D eigenvalue weighted by Gasteiger charge is 2.32. The number of carbonyl (C=O) groups excluding carboxylic acids is 1. The lowest BCUT2D eigenvalue weighted by molar-refractivity contribution is 0.0931. The van der Waals surface area contributed by atoms with Crippen LogP contribution in [-0.2, 0) is 7.05 Å². The molecule has 2 aromatic rings. The Balaban J connectivity index is 1.94. The Hall–Kier alpha value is -2.63. The van der Waals surface area contributed by atoms with Crippen molar-refractivity contribution in [2.45, 2.75) is 25.8 Å². The van der Waals surface area contributed by atoms with Gasteiger partial charge in [0.1, 0.15) is 5.82 Å². The second-order valence-electron chi connectivity index (χ2n) is 6.87. The molecule has 1 fully saturated rings. The number of carbonyl (C=O) groups is 1. The number of aromatic hydroxyl groups is 1. The lowest BCUT2D eigenvalue weighted by Gasteiger charge is -2.46. The lowest BCUT2D eigenvalue weighted by Crippen LogP contribution is -2.40. The van der Waals surface area contributed by atoms with E-state index < -0.39 is 45.5 Å². The van der Waals surface area contributed by atoms with Crippen molar-refractivity contribution in [1.29, 1.82) is 0 Å². The van der Waals surface area contributed by atoms with Crippen LogP contribution >= 0.6 is 10.8 Å². The van der Waals surface area contributed by atoms with Crippen molar-refractivity contribution in [3.05, 3.63) is 51.7 Å². The monoisotopic (exact) mass is 426 g/mol. The Morgan fingerprint density at radius 3 is 2.55 bits per heavy atom. The van der Waals surface area contributed by atoms with Crippen molar-refractivity contribution < 1.29 is 23.4 Å². The van der Waals surface area contributed by atoms with Gasteiger partial charge >= 0.3 is 0 Å². The first-order valence-electron chi connectivity index (χ1n) is 9.01. The molecule has 1 aliphatic rings. The second-order valence-corrected chi connectivity index (χ2v) is 8.98. The van der Waals surface area contributed by atoms with Gasteiger partial charge in [0.25, 0.3) is 11.5 Å². The minimum Gasteiger partial charge on any atom is -0.501 e. The number of anilines is 1. The average molecular weight is 426 g/mol. The smallest absolute Gasteiger partial charge is 0.297 e. The molecule has 0 radical (unpaired) electrons. The molecule has 3 rings (SSSR count). The van der Waals surface area contributed by atoms with Gasteiger partial charge in [-0.15, -0.1) is 10.8 Å². The van der Waals surface area contributed by atoms with Crippen LogP contribution in [0.2, 0.25) is 0 Å². The predicted octanol–water partition coefficient (Wildman–Crippen LogP) is 2.38. The van der Waals surface area contributed by atoms with Crippen LogP contribution in [-0.4, -0.2) is 42.0 Å². The number of rotatable bonds is 4. The summed E-state index contributed by atoms with van der Waals surface area (Å²) in [5, 5.41) is 12.8. The Morgan fingerprint density at radius 1 is 1.28 bits per heavy atom. The fourth-order valence-electron chi connectivity index (χ4n) is 3.10. The van der Waals surface area contributed by atoms with Gasteiger partial charge in [0, 0.05) is 13.6 Å². The third-order valence-electron chi connectivity index (χ3n) is 4.78. The van der Waals surface area contributed by atoms with Crippen LogP contribution in [0, 0.1) is 5.82 Å². The number of hydrogen-bond acceptors (Lipinski definition) is 7. The minimum absolute atomic E-state index is 0.105. The number of halogens is 1. The molecule has 11 heteroatoms. The second kappa shape index (κ2) is 8.01. The highest BCUT2D eigenvalue weighted by molar-refractivity contribution is 8.25. The van der Waals surface area contributed by atoms with Crippen molar-refractivity contribution >= 4 is 22.6 Å². The van der Waals surface area contributed by atoms with Crippen LogP contribution in [0.3, 0.4) is 0 Å². The fraction of sp³-hybridized carbons (Fsp3) is 0.389. The molecule has 1 atom stereocenters. The van der Waals surface area contributed by atoms with Crippen LogP contribution < -0.4 is 15.2 Å². The van der Waals surface area contributed by atoms with Crippen molar-refractivity contribution in [2.24, 2.45) is 7.05 Å². The van der Waals surface area contributed by atoms with E-state index in [2.05, 4.69) is 10.3 Å². The summed E-state index contributed by atoms with van der Waals surface area (Å²) in [7, 11) is -1.85. The van der Waals surface area contributed by atoms with Crippen LogP contribution in [0.15, 0.2) is 29.1 Å². The van der Waals surface area contributed by atoms with E-state index in [1.54, 1.807) is 6.92 Å². The van der Waals surface area contributed by atoms with Gasteiger partial charge in [-0.3, -0.25) is 23.3 Å². The molecule has 29 heavy (non-hydrogen) atoms. The number of aromatic nitrogens is 2. The standard InChI is InChI=1S/C18H23FN4O5S/c1-11(12-5-7-13(19)8-6-12)20-16(25)14-15(24)17(26)22(2)18(21-14)23-9-3-4-10-29(23,27)28/h5-8,11,24,27-28H,3-4,9-10H2,1-2H3,(H,20,25). The van der Waals surface area contributed by atoms with E-state index in [-0.39, 0.29) is 18.2 Å². The third kappa shape index (κ3) is 4.21. The van der Waals surface area contributed by atoms with Crippen LogP contribution in [0.25, 0.3) is 0 Å². The van der Waals surface area contributed by atoms with E-state index in [0.717, 1.165) is 4.57 Å². The SMILES string of the molecule is CC(NC(=O)c1nc(N2CCCCS2(O)O)n(C)c(=O)c1O)c1ccc(F)cc1.